The Kier molecular flexibility index (Phi) is 5.03. The average molecular weight is 391 g/mol. The van der Waals surface area contributed by atoms with Crippen LogP contribution >= 0.6 is 31.9 Å². The molecule has 0 N–H and O–H groups in total. The topological polar surface area (TPSA) is 29.5 Å². The largest absolute Gasteiger partial charge is 0.371 e. The number of carbonyl (C=O) groups excluding carboxylic acids is 1. The minimum absolute atomic E-state index is 0.0696. The summed E-state index contributed by atoms with van der Waals surface area (Å²) in [6.07, 6.45) is 0.146. The van der Waals surface area contributed by atoms with Crippen LogP contribution in [0, 0.1) is 6.92 Å². The molecule has 1 amide bonds. The first-order valence-electron chi connectivity index (χ1n) is 6.28. The molecule has 1 saturated heterocycles. The fourth-order valence-electron chi connectivity index (χ4n) is 2.29. The first kappa shape index (κ1) is 15.0. The van der Waals surface area contributed by atoms with Gasteiger partial charge in [0.15, 0.2) is 0 Å². The Morgan fingerprint density at radius 2 is 2.21 bits per heavy atom. The number of carbonyl (C=O) groups is 1. The van der Waals surface area contributed by atoms with Gasteiger partial charge >= 0.3 is 0 Å². The number of alkyl halides is 1. The number of rotatable bonds is 2. The third kappa shape index (κ3) is 3.58. The Bertz CT molecular complexity index is 479. The molecule has 1 aliphatic heterocycles. The van der Waals surface area contributed by atoms with E-state index < -0.39 is 0 Å². The molecule has 0 bridgehead atoms. The van der Waals surface area contributed by atoms with Crippen molar-refractivity contribution in [3.63, 3.8) is 0 Å². The number of nitrogens with zero attached hydrogens (tertiary/aromatic N) is 1. The Balaban J connectivity index is 2.21. The van der Waals surface area contributed by atoms with Crippen molar-refractivity contribution in [3.05, 3.63) is 33.8 Å². The molecule has 0 radical (unpaired) electrons. The molecule has 0 aliphatic carbocycles. The molecule has 3 nitrogen and oxygen atoms in total. The van der Waals surface area contributed by atoms with E-state index in [2.05, 4.69) is 31.9 Å². The normalized spacial score (nSPS) is 23.5. The molecule has 5 heteroatoms. The average Bonchev–Trinajstić information content (AvgIpc) is 2.40. The number of ether oxygens (including phenoxy) is 1. The molecule has 1 aliphatic rings. The Labute approximate surface area is 130 Å². The highest BCUT2D eigenvalue weighted by Crippen LogP contribution is 2.20. The molecule has 1 aromatic carbocycles. The van der Waals surface area contributed by atoms with Crippen LogP contribution in [-0.4, -0.2) is 41.4 Å². The van der Waals surface area contributed by atoms with Crippen LogP contribution in [0.25, 0.3) is 0 Å². The van der Waals surface area contributed by atoms with E-state index in [1.54, 1.807) is 0 Å². The van der Waals surface area contributed by atoms with Crippen molar-refractivity contribution in [2.75, 3.05) is 18.4 Å². The minimum atomic E-state index is 0.0696. The highest BCUT2D eigenvalue weighted by Gasteiger charge is 2.28. The summed E-state index contributed by atoms with van der Waals surface area (Å²) in [6, 6.07) is 5.80. The highest BCUT2D eigenvalue weighted by atomic mass is 79.9. The number of benzene rings is 1. The predicted octanol–water partition coefficient (Wildman–Crippen LogP) is 3.38. The Hall–Kier alpha value is -0.390. The summed E-state index contributed by atoms with van der Waals surface area (Å²) in [4.78, 5) is 14.5. The van der Waals surface area contributed by atoms with Gasteiger partial charge in [0, 0.05) is 28.5 Å². The number of amides is 1. The van der Waals surface area contributed by atoms with Crippen molar-refractivity contribution in [2.45, 2.75) is 26.1 Å². The van der Waals surface area contributed by atoms with Gasteiger partial charge in [0.05, 0.1) is 12.2 Å². The zero-order chi connectivity index (χ0) is 14.0. The van der Waals surface area contributed by atoms with Crippen molar-refractivity contribution in [2.24, 2.45) is 0 Å². The van der Waals surface area contributed by atoms with Gasteiger partial charge in [0.1, 0.15) is 0 Å². The zero-order valence-corrected chi connectivity index (χ0v) is 14.2. The van der Waals surface area contributed by atoms with Crippen molar-refractivity contribution in [1.82, 2.24) is 4.90 Å². The molecule has 19 heavy (non-hydrogen) atoms. The van der Waals surface area contributed by atoms with Crippen molar-refractivity contribution >= 4 is 37.8 Å². The van der Waals surface area contributed by atoms with Crippen LogP contribution in [0.2, 0.25) is 0 Å². The first-order chi connectivity index (χ1) is 9.01. The predicted molar refractivity (Wildman–Crippen MR) is 82.9 cm³/mol. The SMILES string of the molecule is Cc1ccc(Br)cc1C(=O)N1CC(C)OC(CBr)C1. The monoisotopic (exact) mass is 389 g/mol. The highest BCUT2D eigenvalue weighted by molar-refractivity contribution is 9.10. The molecule has 2 atom stereocenters. The van der Waals surface area contributed by atoms with Crippen LogP contribution in [0.1, 0.15) is 22.8 Å². The molecule has 1 fully saturated rings. The van der Waals surface area contributed by atoms with Crippen LogP contribution in [0.5, 0.6) is 0 Å². The lowest BCUT2D eigenvalue weighted by Gasteiger charge is -2.36. The van der Waals surface area contributed by atoms with Crippen molar-refractivity contribution in [3.8, 4) is 0 Å². The number of morpholine rings is 1. The summed E-state index contributed by atoms with van der Waals surface area (Å²) in [5.41, 5.74) is 1.76. The molecule has 0 spiro atoms. The summed E-state index contributed by atoms with van der Waals surface area (Å²) in [5.74, 6) is 0.0832. The van der Waals surface area contributed by atoms with Gasteiger partial charge in [-0.2, -0.15) is 0 Å². The van der Waals surface area contributed by atoms with E-state index in [0.717, 1.165) is 20.9 Å². The van der Waals surface area contributed by atoms with Crippen molar-refractivity contribution < 1.29 is 9.53 Å². The molecular weight excluding hydrogens is 374 g/mol. The second-order valence-corrected chi connectivity index (χ2v) is 6.46. The smallest absolute Gasteiger partial charge is 0.254 e. The van der Waals surface area contributed by atoms with Crippen molar-refractivity contribution in [1.29, 1.82) is 0 Å². The lowest BCUT2D eigenvalue weighted by Crippen LogP contribution is -2.49. The van der Waals surface area contributed by atoms with E-state index in [1.807, 2.05) is 36.9 Å². The van der Waals surface area contributed by atoms with Crippen LogP contribution in [0.15, 0.2) is 22.7 Å². The van der Waals surface area contributed by atoms with E-state index in [-0.39, 0.29) is 18.1 Å². The second-order valence-electron chi connectivity index (χ2n) is 4.89. The fraction of sp³-hybridized carbons (Fsp3) is 0.500. The number of hydrogen-bond acceptors (Lipinski definition) is 2. The summed E-state index contributed by atoms with van der Waals surface area (Å²) in [6.45, 7) is 5.25. The summed E-state index contributed by atoms with van der Waals surface area (Å²) in [5, 5.41) is 0.749. The van der Waals surface area contributed by atoms with Gasteiger partial charge in [-0.15, -0.1) is 0 Å². The minimum Gasteiger partial charge on any atom is -0.371 e. The van der Waals surface area contributed by atoms with Gasteiger partial charge in [-0.05, 0) is 31.5 Å². The summed E-state index contributed by atoms with van der Waals surface area (Å²) >= 11 is 6.85. The molecule has 0 aromatic heterocycles. The van der Waals surface area contributed by atoms with E-state index in [4.69, 9.17) is 4.74 Å². The fourth-order valence-corrected chi connectivity index (χ4v) is 3.01. The first-order valence-corrected chi connectivity index (χ1v) is 8.19. The van der Waals surface area contributed by atoms with Crippen LogP contribution in [0.4, 0.5) is 0 Å². The quantitative estimate of drug-likeness (QED) is 0.724. The Morgan fingerprint density at radius 3 is 2.89 bits per heavy atom. The summed E-state index contributed by atoms with van der Waals surface area (Å²) < 4.78 is 6.69. The van der Waals surface area contributed by atoms with E-state index in [9.17, 15) is 4.79 Å². The summed E-state index contributed by atoms with van der Waals surface area (Å²) in [7, 11) is 0. The second kappa shape index (κ2) is 6.37. The molecule has 0 saturated carbocycles. The van der Waals surface area contributed by atoms with Gasteiger partial charge in [-0.3, -0.25) is 4.79 Å². The molecule has 2 rings (SSSR count). The third-order valence-corrected chi connectivity index (χ3v) is 4.43. The number of aryl methyl sites for hydroxylation is 1. The van der Waals surface area contributed by atoms with Gasteiger partial charge in [0.2, 0.25) is 0 Å². The third-order valence-electron chi connectivity index (χ3n) is 3.22. The Morgan fingerprint density at radius 1 is 1.47 bits per heavy atom. The molecule has 1 heterocycles. The van der Waals surface area contributed by atoms with E-state index in [1.165, 1.54) is 0 Å². The van der Waals surface area contributed by atoms with E-state index >= 15 is 0 Å². The van der Waals surface area contributed by atoms with E-state index in [0.29, 0.717) is 13.1 Å². The molecular formula is C14H17Br2NO2. The zero-order valence-electron chi connectivity index (χ0n) is 11.0. The standard InChI is InChI=1S/C14H17Br2NO2/c1-9-3-4-11(16)5-13(9)14(18)17-7-10(2)19-12(6-15)8-17/h3-5,10,12H,6-8H2,1-2H3. The van der Waals surface area contributed by atoms with Gasteiger partial charge in [-0.1, -0.05) is 37.9 Å². The van der Waals surface area contributed by atoms with Crippen LogP contribution < -0.4 is 0 Å². The lowest BCUT2D eigenvalue weighted by atomic mass is 10.1. The lowest BCUT2D eigenvalue weighted by molar-refractivity contribution is -0.0559. The number of halogens is 2. The molecule has 104 valence electrons. The molecule has 2 unspecified atom stereocenters. The number of hydrogen-bond donors (Lipinski definition) is 0. The van der Waals surface area contributed by atoms with Gasteiger partial charge < -0.3 is 9.64 Å². The van der Waals surface area contributed by atoms with Crippen LogP contribution in [-0.2, 0) is 4.74 Å². The molecule has 1 aromatic rings. The maximum absolute atomic E-state index is 12.6. The maximum atomic E-state index is 12.6. The maximum Gasteiger partial charge on any atom is 0.254 e. The van der Waals surface area contributed by atoms with Gasteiger partial charge in [-0.25, -0.2) is 0 Å². The van der Waals surface area contributed by atoms with Crippen LogP contribution in [0.3, 0.4) is 0 Å². The van der Waals surface area contributed by atoms with Gasteiger partial charge in [0.25, 0.3) is 5.91 Å².